The van der Waals surface area contributed by atoms with E-state index in [1.54, 1.807) is 0 Å². The van der Waals surface area contributed by atoms with Crippen LogP contribution in [0, 0.1) is 0 Å². The van der Waals surface area contributed by atoms with E-state index in [0.29, 0.717) is 0 Å². The van der Waals surface area contributed by atoms with Crippen LogP contribution in [-0.4, -0.2) is 0 Å². The number of fused-ring (bicyclic) bond motifs is 11. The lowest BCUT2D eigenvalue weighted by atomic mass is 9.63. The molecule has 0 N–H and O–H groups in total. The summed E-state index contributed by atoms with van der Waals surface area (Å²) in [4.78, 5) is 2.49. The zero-order valence-electron chi connectivity index (χ0n) is 37.2. The van der Waals surface area contributed by atoms with E-state index in [-0.39, 0.29) is 16.2 Å². The lowest BCUT2D eigenvalue weighted by Gasteiger charge is -2.42. The van der Waals surface area contributed by atoms with Crippen molar-refractivity contribution in [1.29, 1.82) is 0 Å². The summed E-state index contributed by atoms with van der Waals surface area (Å²) in [5.41, 5.74) is 23.3. The molecule has 1 nitrogen and oxygen atoms in total. The zero-order chi connectivity index (χ0) is 42.6. The predicted molar refractivity (Wildman–Crippen MR) is 262 cm³/mol. The first-order valence-electron chi connectivity index (χ1n) is 22.6. The Bertz CT molecular complexity index is 2980. The molecule has 0 radical (unpaired) electrons. The fraction of sp³-hybridized carbons (Fsp3) is 0.213. The SMILES string of the molecule is CC(C)(C)c1ccc(N(c2ccccc2)c2cc3c(cc2-c2ccc(-c4ccc5c(c4)C(C)(C)CCC5(C)C)cc2)-c2ccccc2C32c3ccccc3-c3ccccc32)cc1. The summed E-state index contributed by atoms with van der Waals surface area (Å²) in [5.74, 6) is 0. The van der Waals surface area contributed by atoms with Crippen molar-refractivity contribution >= 4 is 17.1 Å². The minimum atomic E-state index is -0.455. The minimum absolute atomic E-state index is 0.0437. The molecule has 62 heavy (non-hydrogen) atoms. The monoisotopic (exact) mass is 801 g/mol. The van der Waals surface area contributed by atoms with Gasteiger partial charge in [-0.3, -0.25) is 0 Å². The number of benzene rings is 8. The molecule has 0 saturated heterocycles. The minimum Gasteiger partial charge on any atom is -0.310 e. The number of rotatable bonds is 5. The van der Waals surface area contributed by atoms with Gasteiger partial charge in [-0.2, -0.15) is 0 Å². The van der Waals surface area contributed by atoms with Gasteiger partial charge in [0, 0.05) is 16.9 Å². The van der Waals surface area contributed by atoms with E-state index in [4.69, 9.17) is 0 Å². The van der Waals surface area contributed by atoms with Gasteiger partial charge in [0.05, 0.1) is 11.1 Å². The highest BCUT2D eigenvalue weighted by Crippen LogP contribution is 2.64. The van der Waals surface area contributed by atoms with Crippen LogP contribution < -0.4 is 4.90 Å². The van der Waals surface area contributed by atoms with Crippen molar-refractivity contribution in [3.05, 3.63) is 221 Å². The smallest absolute Gasteiger partial charge is 0.0726 e. The molecule has 0 unspecified atom stereocenters. The summed E-state index contributed by atoms with van der Waals surface area (Å²) in [6, 6.07) is 69.3. The van der Waals surface area contributed by atoms with E-state index in [9.17, 15) is 0 Å². The molecule has 0 atom stereocenters. The van der Waals surface area contributed by atoms with Gasteiger partial charge in [-0.05, 0) is 143 Å². The Morgan fingerprint density at radius 1 is 0.371 bits per heavy atom. The molecule has 11 rings (SSSR count). The average Bonchev–Trinajstić information content (AvgIpc) is 3.75. The van der Waals surface area contributed by atoms with Crippen LogP contribution in [0.3, 0.4) is 0 Å². The maximum absolute atomic E-state index is 2.55. The number of hydrogen-bond acceptors (Lipinski definition) is 1. The fourth-order valence-corrected chi connectivity index (χ4v) is 11.3. The van der Waals surface area contributed by atoms with Crippen molar-refractivity contribution in [3.63, 3.8) is 0 Å². The van der Waals surface area contributed by atoms with Crippen LogP contribution in [0.2, 0.25) is 0 Å². The molecule has 0 saturated carbocycles. The molecule has 3 aliphatic rings. The largest absolute Gasteiger partial charge is 0.310 e. The molecule has 8 aromatic rings. The van der Waals surface area contributed by atoms with E-state index >= 15 is 0 Å². The van der Waals surface area contributed by atoms with Crippen LogP contribution >= 0.6 is 0 Å². The quantitative estimate of drug-likeness (QED) is 0.168. The number of para-hydroxylation sites is 1. The van der Waals surface area contributed by atoms with Crippen LogP contribution in [0.25, 0.3) is 44.5 Å². The highest BCUT2D eigenvalue weighted by molar-refractivity contribution is 6.00. The van der Waals surface area contributed by atoms with Gasteiger partial charge in [0.15, 0.2) is 0 Å². The Kier molecular flexibility index (Phi) is 8.55. The second kappa shape index (κ2) is 13.8. The van der Waals surface area contributed by atoms with Crippen LogP contribution in [0.15, 0.2) is 182 Å². The van der Waals surface area contributed by atoms with Gasteiger partial charge in [-0.1, -0.05) is 194 Å². The number of hydrogen-bond donors (Lipinski definition) is 0. The molecule has 0 aromatic heterocycles. The van der Waals surface area contributed by atoms with E-state index in [2.05, 4.69) is 235 Å². The maximum Gasteiger partial charge on any atom is 0.0726 e. The molecule has 0 aliphatic heterocycles. The highest BCUT2D eigenvalue weighted by atomic mass is 15.1. The third-order valence-electron chi connectivity index (χ3n) is 14.7. The summed E-state index contributed by atoms with van der Waals surface area (Å²) in [5, 5.41) is 0. The van der Waals surface area contributed by atoms with E-state index < -0.39 is 5.41 Å². The topological polar surface area (TPSA) is 3.24 Å². The molecular weight excluding hydrogens is 747 g/mol. The first kappa shape index (κ1) is 38.5. The molecule has 0 amide bonds. The van der Waals surface area contributed by atoms with Gasteiger partial charge < -0.3 is 4.90 Å². The zero-order valence-corrected chi connectivity index (χ0v) is 37.2. The standard InChI is InChI=1S/C61H55N/c1-58(2,3)43-30-32-45(33-31-43)62(44-17-9-8-10-18-44)57-39-55-50(48-21-13-16-24-53(48)61(55)51-22-14-11-19-46(51)47-20-12-15-23-52(47)61)38-49(57)41-27-25-40(26-28-41)42-29-34-54-56(37-42)60(6,7)36-35-59(54,4)5/h8-34,37-39H,35-36H2,1-7H3. The molecule has 8 aromatic carbocycles. The highest BCUT2D eigenvalue weighted by Gasteiger charge is 2.52. The maximum atomic E-state index is 2.55. The first-order chi connectivity index (χ1) is 29.9. The molecule has 0 heterocycles. The van der Waals surface area contributed by atoms with Crippen LogP contribution in [0.1, 0.15) is 100 Å². The summed E-state index contributed by atoms with van der Waals surface area (Å²) in [6.45, 7) is 16.5. The van der Waals surface area contributed by atoms with E-state index in [1.807, 2.05) is 0 Å². The van der Waals surface area contributed by atoms with E-state index in [1.165, 1.54) is 96.3 Å². The second-order valence-electron chi connectivity index (χ2n) is 20.4. The van der Waals surface area contributed by atoms with Gasteiger partial charge in [0.1, 0.15) is 0 Å². The summed E-state index contributed by atoms with van der Waals surface area (Å²) < 4.78 is 0. The molecule has 3 aliphatic carbocycles. The lowest BCUT2D eigenvalue weighted by molar-refractivity contribution is 0.332. The number of anilines is 3. The van der Waals surface area contributed by atoms with Crippen molar-refractivity contribution in [2.45, 2.75) is 83.0 Å². The third-order valence-corrected chi connectivity index (χ3v) is 14.7. The second-order valence-corrected chi connectivity index (χ2v) is 20.4. The first-order valence-corrected chi connectivity index (χ1v) is 22.6. The molecular formula is C61H55N. The van der Waals surface area contributed by atoms with Gasteiger partial charge in [0.2, 0.25) is 0 Å². The third kappa shape index (κ3) is 5.74. The fourth-order valence-electron chi connectivity index (χ4n) is 11.3. The molecule has 1 heteroatoms. The summed E-state index contributed by atoms with van der Waals surface area (Å²) in [7, 11) is 0. The Labute approximate surface area is 368 Å². The Balaban J connectivity index is 1.16. The lowest BCUT2D eigenvalue weighted by Crippen LogP contribution is -2.33. The Morgan fingerprint density at radius 3 is 1.44 bits per heavy atom. The van der Waals surface area contributed by atoms with Crippen molar-refractivity contribution in [3.8, 4) is 44.5 Å². The van der Waals surface area contributed by atoms with E-state index in [0.717, 1.165) is 17.1 Å². The van der Waals surface area contributed by atoms with Crippen molar-refractivity contribution in [1.82, 2.24) is 0 Å². The molecule has 1 spiro atoms. The van der Waals surface area contributed by atoms with Crippen molar-refractivity contribution in [2.75, 3.05) is 4.90 Å². The Hall–Kier alpha value is -6.44. The average molecular weight is 802 g/mol. The van der Waals surface area contributed by atoms with Crippen LogP contribution in [0.5, 0.6) is 0 Å². The van der Waals surface area contributed by atoms with Crippen LogP contribution in [0.4, 0.5) is 17.1 Å². The normalized spacial score (nSPS) is 15.9. The molecule has 0 fully saturated rings. The molecule has 0 bridgehead atoms. The predicted octanol–water partition coefficient (Wildman–Crippen LogP) is 16.5. The summed E-state index contributed by atoms with van der Waals surface area (Å²) in [6.07, 6.45) is 2.42. The Morgan fingerprint density at radius 2 is 0.855 bits per heavy atom. The van der Waals surface area contributed by atoms with Crippen molar-refractivity contribution < 1.29 is 0 Å². The molecule has 304 valence electrons. The number of nitrogens with zero attached hydrogens (tertiary/aromatic N) is 1. The van der Waals surface area contributed by atoms with Gasteiger partial charge in [0.25, 0.3) is 0 Å². The van der Waals surface area contributed by atoms with Gasteiger partial charge in [-0.25, -0.2) is 0 Å². The van der Waals surface area contributed by atoms with Gasteiger partial charge in [-0.15, -0.1) is 0 Å². The van der Waals surface area contributed by atoms with Crippen LogP contribution in [-0.2, 0) is 21.7 Å². The summed E-state index contributed by atoms with van der Waals surface area (Å²) >= 11 is 0. The van der Waals surface area contributed by atoms with Gasteiger partial charge >= 0.3 is 0 Å². The van der Waals surface area contributed by atoms with Crippen molar-refractivity contribution in [2.24, 2.45) is 0 Å².